The predicted octanol–water partition coefficient (Wildman–Crippen LogP) is 2.70. The Bertz CT molecular complexity index is 455. The predicted molar refractivity (Wildman–Crippen MR) is 60.8 cm³/mol. The summed E-state index contributed by atoms with van der Waals surface area (Å²) in [6.45, 7) is 0. The fourth-order valence-electron chi connectivity index (χ4n) is 2.69. The Morgan fingerprint density at radius 1 is 1.00 bits per heavy atom. The zero-order valence-electron chi connectivity index (χ0n) is 8.75. The Labute approximate surface area is 89.8 Å². The molecule has 0 unspecified atom stereocenters. The Balaban J connectivity index is 2.15. The van der Waals surface area contributed by atoms with Gasteiger partial charge >= 0.3 is 0 Å². The van der Waals surface area contributed by atoms with Crippen LogP contribution in [0.4, 0.5) is 0 Å². The van der Waals surface area contributed by atoms with Crippen LogP contribution in [0.5, 0.6) is 0 Å². The van der Waals surface area contributed by atoms with Crippen molar-refractivity contribution in [1.29, 1.82) is 0 Å². The summed E-state index contributed by atoms with van der Waals surface area (Å²) in [6, 6.07) is 4.31. The second-order valence-corrected chi connectivity index (χ2v) is 4.43. The van der Waals surface area contributed by atoms with E-state index in [1.807, 2.05) is 0 Å². The van der Waals surface area contributed by atoms with E-state index in [4.69, 9.17) is 0 Å². The van der Waals surface area contributed by atoms with Gasteiger partial charge in [-0.05, 0) is 41.5 Å². The Morgan fingerprint density at radius 2 is 1.93 bits per heavy atom. The number of carbonyl (C=O) groups is 1. The number of carbonyl (C=O) groups excluding carboxylic acids is 1. The average Bonchev–Trinajstić information content (AvgIpc) is 2.28. The molecule has 0 atom stereocenters. The summed E-state index contributed by atoms with van der Waals surface area (Å²) < 4.78 is 0. The minimum Gasteiger partial charge on any atom is -0.299 e. The molecule has 1 heteroatoms. The minimum absolute atomic E-state index is 0.397. The number of hydrogen-bond acceptors (Lipinski definition) is 1. The molecule has 0 saturated carbocycles. The molecular formula is C14H14O. The summed E-state index contributed by atoms with van der Waals surface area (Å²) in [6.07, 6.45) is 9.13. The number of hydrogen-bond donors (Lipinski definition) is 0. The second-order valence-electron chi connectivity index (χ2n) is 4.43. The number of Topliss-reactive ketones (excluding diaryl/α,β-unsaturated/α-hetero) is 1. The lowest BCUT2D eigenvalue weighted by Gasteiger charge is -2.22. The summed E-state index contributed by atoms with van der Waals surface area (Å²) in [7, 11) is 0. The maximum Gasteiger partial charge on any atom is 0.137 e. The SMILES string of the molecule is O=C1CCc2c(ccc3c2CCC=C3)C1. The van der Waals surface area contributed by atoms with Gasteiger partial charge in [0.1, 0.15) is 5.78 Å². The first-order valence-corrected chi connectivity index (χ1v) is 5.66. The summed E-state index contributed by atoms with van der Waals surface area (Å²) in [5, 5.41) is 0. The van der Waals surface area contributed by atoms with Crippen LogP contribution in [0.2, 0.25) is 0 Å². The first kappa shape index (κ1) is 8.90. The van der Waals surface area contributed by atoms with Gasteiger partial charge in [0.05, 0.1) is 0 Å². The summed E-state index contributed by atoms with van der Waals surface area (Å²) >= 11 is 0. The van der Waals surface area contributed by atoms with Crippen LogP contribution in [-0.4, -0.2) is 5.78 Å². The zero-order valence-corrected chi connectivity index (χ0v) is 8.75. The van der Waals surface area contributed by atoms with Crippen LogP contribution >= 0.6 is 0 Å². The van der Waals surface area contributed by atoms with Crippen LogP contribution in [0.1, 0.15) is 35.1 Å². The minimum atomic E-state index is 0.397. The van der Waals surface area contributed by atoms with Crippen molar-refractivity contribution in [3.05, 3.63) is 40.5 Å². The van der Waals surface area contributed by atoms with Crippen LogP contribution in [0.3, 0.4) is 0 Å². The average molecular weight is 198 g/mol. The van der Waals surface area contributed by atoms with Gasteiger partial charge in [0, 0.05) is 12.8 Å². The number of rotatable bonds is 0. The van der Waals surface area contributed by atoms with E-state index in [0.717, 1.165) is 25.7 Å². The highest BCUT2D eigenvalue weighted by atomic mass is 16.1. The van der Waals surface area contributed by atoms with Gasteiger partial charge in [0.15, 0.2) is 0 Å². The van der Waals surface area contributed by atoms with Gasteiger partial charge in [-0.1, -0.05) is 24.3 Å². The van der Waals surface area contributed by atoms with E-state index in [0.29, 0.717) is 12.2 Å². The molecule has 0 saturated heterocycles. The fraction of sp³-hybridized carbons (Fsp3) is 0.357. The molecule has 1 nitrogen and oxygen atoms in total. The van der Waals surface area contributed by atoms with Crippen molar-refractivity contribution in [2.75, 3.05) is 0 Å². The van der Waals surface area contributed by atoms with Crippen LogP contribution in [0.25, 0.3) is 6.08 Å². The van der Waals surface area contributed by atoms with Crippen molar-refractivity contribution in [3.63, 3.8) is 0 Å². The molecule has 0 aromatic heterocycles. The number of fused-ring (bicyclic) bond motifs is 3. The van der Waals surface area contributed by atoms with Crippen LogP contribution < -0.4 is 0 Å². The smallest absolute Gasteiger partial charge is 0.137 e. The lowest BCUT2D eigenvalue weighted by Crippen LogP contribution is -2.16. The molecule has 0 heterocycles. The highest BCUT2D eigenvalue weighted by molar-refractivity contribution is 5.84. The third-order valence-corrected chi connectivity index (χ3v) is 3.46. The van der Waals surface area contributed by atoms with Crippen molar-refractivity contribution < 1.29 is 4.79 Å². The monoisotopic (exact) mass is 198 g/mol. The molecule has 0 N–H and O–H groups in total. The van der Waals surface area contributed by atoms with Crippen molar-refractivity contribution in [3.8, 4) is 0 Å². The lowest BCUT2D eigenvalue weighted by molar-refractivity contribution is -0.118. The van der Waals surface area contributed by atoms with Crippen LogP contribution in [-0.2, 0) is 24.1 Å². The third-order valence-electron chi connectivity index (χ3n) is 3.46. The van der Waals surface area contributed by atoms with Gasteiger partial charge in [0.2, 0.25) is 0 Å². The quantitative estimate of drug-likeness (QED) is 0.626. The fourth-order valence-corrected chi connectivity index (χ4v) is 2.69. The van der Waals surface area contributed by atoms with Crippen LogP contribution in [0, 0.1) is 0 Å². The molecular weight excluding hydrogens is 184 g/mol. The molecule has 0 radical (unpaired) electrons. The first-order valence-electron chi connectivity index (χ1n) is 5.66. The lowest BCUT2D eigenvalue weighted by atomic mass is 9.82. The van der Waals surface area contributed by atoms with Crippen LogP contribution in [0.15, 0.2) is 18.2 Å². The van der Waals surface area contributed by atoms with Crippen molar-refractivity contribution >= 4 is 11.9 Å². The maximum absolute atomic E-state index is 11.4. The van der Waals surface area contributed by atoms with E-state index in [1.54, 1.807) is 0 Å². The largest absolute Gasteiger partial charge is 0.299 e. The highest BCUT2D eigenvalue weighted by Crippen LogP contribution is 2.29. The highest BCUT2D eigenvalue weighted by Gasteiger charge is 2.20. The van der Waals surface area contributed by atoms with E-state index >= 15 is 0 Å². The van der Waals surface area contributed by atoms with E-state index < -0.39 is 0 Å². The van der Waals surface area contributed by atoms with E-state index in [-0.39, 0.29) is 0 Å². The second kappa shape index (κ2) is 3.34. The molecule has 2 aliphatic carbocycles. The molecule has 0 bridgehead atoms. The molecule has 0 spiro atoms. The molecule has 76 valence electrons. The molecule has 3 rings (SSSR count). The summed E-state index contributed by atoms with van der Waals surface area (Å²) in [5.74, 6) is 0.397. The van der Waals surface area contributed by atoms with E-state index in [1.165, 1.54) is 22.3 Å². The van der Waals surface area contributed by atoms with Gasteiger partial charge in [0.25, 0.3) is 0 Å². The van der Waals surface area contributed by atoms with Gasteiger partial charge < -0.3 is 0 Å². The Hall–Kier alpha value is -1.37. The zero-order chi connectivity index (χ0) is 10.3. The molecule has 2 aliphatic rings. The van der Waals surface area contributed by atoms with E-state index in [9.17, 15) is 4.79 Å². The Morgan fingerprint density at radius 3 is 2.87 bits per heavy atom. The molecule has 0 fully saturated rings. The van der Waals surface area contributed by atoms with Gasteiger partial charge in [-0.25, -0.2) is 0 Å². The molecule has 0 amide bonds. The third kappa shape index (κ3) is 1.43. The first-order chi connectivity index (χ1) is 7.34. The Kier molecular flexibility index (Phi) is 1.98. The maximum atomic E-state index is 11.4. The van der Waals surface area contributed by atoms with Crippen molar-refractivity contribution in [1.82, 2.24) is 0 Å². The molecule has 15 heavy (non-hydrogen) atoms. The molecule has 1 aromatic carbocycles. The van der Waals surface area contributed by atoms with Gasteiger partial charge in [-0.15, -0.1) is 0 Å². The molecule has 0 aliphatic heterocycles. The summed E-state index contributed by atoms with van der Waals surface area (Å²) in [4.78, 5) is 11.4. The normalized spacial score (nSPS) is 18.5. The number of ketones is 1. The molecule has 1 aromatic rings. The topological polar surface area (TPSA) is 17.1 Å². The van der Waals surface area contributed by atoms with Crippen molar-refractivity contribution in [2.24, 2.45) is 0 Å². The van der Waals surface area contributed by atoms with E-state index in [2.05, 4.69) is 24.3 Å². The van der Waals surface area contributed by atoms with Crippen molar-refractivity contribution in [2.45, 2.75) is 32.1 Å². The standard InChI is InChI=1S/C14H14O/c15-12-7-8-14-11(9-12)6-5-10-3-1-2-4-13(10)14/h1,3,5-6H,2,4,7-9H2. The van der Waals surface area contributed by atoms with Gasteiger partial charge in [-0.2, -0.15) is 0 Å². The number of benzene rings is 1. The van der Waals surface area contributed by atoms with Gasteiger partial charge in [-0.3, -0.25) is 4.79 Å². The summed E-state index contributed by atoms with van der Waals surface area (Å²) in [5.41, 5.74) is 5.62. The number of allylic oxidation sites excluding steroid dienone is 1.